The van der Waals surface area contributed by atoms with Gasteiger partial charge in [0.15, 0.2) is 0 Å². The smallest absolute Gasteiger partial charge is 0.387 e. The molecule has 0 saturated heterocycles. The van der Waals surface area contributed by atoms with Gasteiger partial charge in [0.2, 0.25) is 5.67 Å². The lowest BCUT2D eigenvalue weighted by Gasteiger charge is -2.26. The highest BCUT2D eigenvalue weighted by atomic mass is 35.5. The van der Waals surface area contributed by atoms with Crippen LogP contribution < -0.4 is 10.6 Å². The minimum Gasteiger partial charge on any atom is -0.387 e. The molecule has 2 N–H and O–H groups in total. The van der Waals surface area contributed by atoms with Crippen LogP contribution in [0.5, 0.6) is 0 Å². The summed E-state index contributed by atoms with van der Waals surface area (Å²) in [6, 6.07) is 5.75. The molecule has 0 spiro atoms. The van der Waals surface area contributed by atoms with Gasteiger partial charge in [0, 0.05) is 18.2 Å². The molecule has 0 fully saturated rings. The van der Waals surface area contributed by atoms with Crippen molar-refractivity contribution >= 4 is 28.9 Å². The van der Waals surface area contributed by atoms with E-state index in [1.165, 1.54) is 19.2 Å². The molecule has 0 aliphatic heterocycles. The Morgan fingerprint density at radius 3 is 2.16 bits per heavy atom. The predicted octanol–water partition coefficient (Wildman–Crippen LogP) is 6.27. The summed E-state index contributed by atoms with van der Waals surface area (Å²) < 4.78 is 93.6. The number of amides is 1. The van der Waals surface area contributed by atoms with Crippen LogP contribution in [-0.2, 0) is 11.8 Å². The molecule has 4 nitrogen and oxygen atoms in total. The van der Waals surface area contributed by atoms with E-state index in [1.54, 1.807) is 0 Å². The molecule has 0 radical (unpaired) electrons. The average Bonchev–Trinajstić information content (AvgIpc) is 2.66. The van der Waals surface area contributed by atoms with Crippen LogP contribution in [0.1, 0.15) is 34.0 Å². The topological polar surface area (TPSA) is 64.9 Å². The molecule has 12 heteroatoms. The van der Waals surface area contributed by atoms with Gasteiger partial charge in [0.1, 0.15) is 6.07 Å². The van der Waals surface area contributed by atoms with Crippen LogP contribution in [0.2, 0.25) is 5.02 Å². The molecule has 2 aromatic carbocycles. The van der Waals surface area contributed by atoms with Crippen LogP contribution in [0.15, 0.2) is 30.3 Å². The van der Waals surface area contributed by atoms with Crippen LogP contribution >= 0.6 is 11.6 Å². The monoisotopic (exact) mass is 467 g/mol. The van der Waals surface area contributed by atoms with E-state index in [9.17, 15) is 35.5 Å². The first-order chi connectivity index (χ1) is 14.1. The Hall–Kier alpha value is -3.00. The number of nitrogens with zero attached hydrogens (tertiary/aromatic N) is 1. The molecule has 31 heavy (non-hydrogen) atoms. The van der Waals surface area contributed by atoms with Gasteiger partial charge in [-0.1, -0.05) is 11.6 Å². The van der Waals surface area contributed by atoms with Crippen molar-refractivity contribution < 1.29 is 35.5 Å². The second-order valence-electron chi connectivity index (χ2n) is 6.46. The summed E-state index contributed by atoms with van der Waals surface area (Å²) in [6.07, 6.45) is -10.8. The van der Waals surface area contributed by atoms with E-state index in [-0.39, 0.29) is 29.8 Å². The minimum atomic E-state index is -5.50. The Morgan fingerprint density at radius 1 is 1.06 bits per heavy atom. The van der Waals surface area contributed by atoms with Gasteiger partial charge >= 0.3 is 12.4 Å². The zero-order valence-electron chi connectivity index (χ0n) is 15.8. The Kier molecular flexibility index (Phi) is 6.47. The van der Waals surface area contributed by atoms with Crippen molar-refractivity contribution in [3.05, 3.63) is 57.6 Å². The zero-order chi connectivity index (χ0) is 23.8. The maximum Gasteiger partial charge on any atom is 0.426 e. The number of halogens is 8. The molecular weight excluding hydrogens is 455 g/mol. The van der Waals surface area contributed by atoms with E-state index < -0.39 is 45.8 Å². The van der Waals surface area contributed by atoms with Gasteiger partial charge in [-0.3, -0.25) is 4.79 Å². The highest BCUT2D eigenvalue weighted by Crippen LogP contribution is 2.47. The molecule has 1 unspecified atom stereocenters. The second-order valence-corrected chi connectivity index (χ2v) is 6.86. The summed E-state index contributed by atoms with van der Waals surface area (Å²) in [5, 5.41) is 12.6. The lowest BCUT2D eigenvalue weighted by Crippen LogP contribution is -2.35. The number of alkyl halides is 7. The summed E-state index contributed by atoms with van der Waals surface area (Å²) in [5.41, 5.74) is -8.06. The quantitative estimate of drug-likeness (QED) is 0.521. The van der Waals surface area contributed by atoms with Gasteiger partial charge in [0.05, 0.1) is 27.5 Å². The number of rotatable bonds is 4. The van der Waals surface area contributed by atoms with Crippen molar-refractivity contribution in [2.24, 2.45) is 0 Å². The van der Waals surface area contributed by atoms with E-state index in [4.69, 9.17) is 16.9 Å². The van der Waals surface area contributed by atoms with Gasteiger partial charge in [0.25, 0.3) is 5.91 Å². The molecule has 0 bridgehead atoms. The van der Waals surface area contributed by atoms with Crippen molar-refractivity contribution in [1.29, 1.82) is 5.26 Å². The standard InChI is InChI=1S/C19H13ClF7N3O/c1-17(21,19(25,26)27)11-6-12(18(22,23)24)15(13(20)7-11)30-16(31)9-3-4-10(8-28)14(5-9)29-2/h3-7,29H,1-2H3,(H,30,31). The third kappa shape index (κ3) is 4.85. The van der Waals surface area contributed by atoms with Gasteiger partial charge in [-0.2, -0.15) is 31.6 Å². The molecule has 0 saturated carbocycles. The normalized spacial score (nSPS) is 13.8. The fraction of sp³-hybridized carbons (Fsp3) is 0.263. The molecule has 166 valence electrons. The van der Waals surface area contributed by atoms with Crippen LogP contribution in [0, 0.1) is 11.3 Å². The molecule has 1 atom stereocenters. The number of hydrogen-bond donors (Lipinski definition) is 2. The molecular formula is C19H13ClF7N3O. The number of nitrogens with one attached hydrogen (secondary N) is 2. The highest BCUT2D eigenvalue weighted by Gasteiger charge is 2.54. The average molecular weight is 468 g/mol. The van der Waals surface area contributed by atoms with E-state index in [2.05, 4.69) is 5.32 Å². The van der Waals surface area contributed by atoms with Gasteiger partial charge in [-0.15, -0.1) is 0 Å². The zero-order valence-corrected chi connectivity index (χ0v) is 16.5. The molecule has 0 aromatic heterocycles. The predicted molar refractivity (Wildman–Crippen MR) is 99.6 cm³/mol. The van der Waals surface area contributed by atoms with Gasteiger partial charge in [-0.05, 0) is 37.3 Å². The van der Waals surface area contributed by atoms with Crippen molar-refractivity contribution in [3.8, 4) is 6.07 Å². The first kappa shape index (κ1) is 24.3. The highest BCUT2D eigenvalue weighted by molar-refractivity contribution is 6.34. The lowest BCUT2D eigenvalue weighted by atomic mass is 9.94. The molecule has 2 rings (SSSR count). The fourth-order valence-electron chi connectivity index (χ4n) is 2.57. The number of benzene rings is 2. The van der Waals surface area contributed by atoms with Gasteiger partial charge in [-0.25, -0.2) is 4.39 Å². The van der Waals surface area contributed by atoms with Crippen LogP contribution in [-0.4, -0.2) is 19.1 Å². The SMILES string of the molecule is CNc1cc(C(=O)Nc2c(Cl)cc(C(C)(F)C(F)(F)F)cc2C(F)(F)F)ccc1C#N. The first-order valence-corrected chi connectivity index (χ1v) is 8.71. The van der Waals surface area contributed by atoms with E-state index in [0.717, 1.165) is 6.07 Å². The van der Waals surface area contributed by atoms with Crippen molar-refractivity contribution in [2.75, 3.05) is 17.7 Å². The Bertz CT molecular complexity index is 1060. The molecule has 2 aromatic rings. The fourth-order valence-corrected chi connectivity index (χ4v) is 2.83. The number of nitriles is 1. The van der Waals surface area contributed by atoms with E-state index in [1.807, 2.05) is 11.4 Å². The summed E-state index contributed by atoms with van der Waals surface area (Å²) in [7, 11) is 1.45. The molecule has 1 amide bonds. The minimum absolute atomic E-state index is 0.0488. The van der Waals surface area contributed by atoms with Crippen molar-refractivity contribution in [1.82, 2.24) is 0 Å². The van der Waals surface area contributed by atoms with Crippen molar-refractivity contribution in [3.63, 3.8) is 0 Å². The summed E-state index contributed by atoms with van der Waals surface area (Å²) in [6.45, 7) is 0.0626. The Balaban J connectivity index is 2.57. The molecule has 0 aliphatic carbocycles. The number of anilines is 2. The van der Waals surface area contributed by atoms with Crippen LogP contribution in [0.25, 0.3) is 0 Å². The summed E-state index contributed by atoms with van der Waals surface area (Å²) in [4.78, 5) is 12.5. The van der Waals surface area contributed by atoms with E-state index >= 15 is 0 Å². The maximum absolute atomic E-state index is 14.2. The Labute approximate surface area is 176 Å². The lowest BCUT2D eigenvalue weighted by molar-refractivity contribution is -0.228. The molecule has 0 heterocycles. The van der Waals surface area contributed by atoms with Crippen LogP contribution in [0.4, 0.5) is 42.1 Å². The maximum atomic E-state index is 14.2. The largest absolute Gasteiger partial charge is 0.426 e. The van der Waals surface area contributed by atoms with Crippen molar-refractivity contribution in [2.45, 2.75) is 24.9 Å². The summed E-state index contributed by atoms with van der Waals surface area (Å²) >= 11 is 5.73. The van der Waals surface area contributed by atoms with Gasteiger partial charge < -0.3 is 10.6 Å². The third-order valence-electron chi connectivity index (χ3n) is 4.38. The Morgan fingerprint density at radius 2 is 1.68 bits per heavy atom. The first-order valence-electron chi connectivity index (χ1n) is 8.33. The van der Waals surface area contributed by atoms with E-state index in [0.29, 0.717) is 6.07 Å². The number of hydrogen-bond acceptors (Lipinski definition) is 3. The number of carbonyl (C=O) groups excluding carboxylic acids is 1. The third-order valence-corrected chi connectivity index (χ3v) is 4.68. The van der Waals surface area contributed by atoms with Crippen LogP contribution in [0.3, 0.4) is 0 Å². The summed E-state index contributed by atoms with van der Waals surface area (Å²) in [5.74, 6) is -1.08. The second kappa shape index (κ2) is 8.26. The number of carbonyl (C=O) groups is 1. The molecule has 0 aliphatic rings.